The highest BCUT2D eigenvalue weighted by Gasteiger charge is 2.40. The number of benzene rings is 1. The molecule has 190 valence electrons. The summed E-state index contributed by atoms with van der Waals surface area (Å²) in [5, 5.41) is 24.7. The van der Waals surface area contributed by atoms with E-state index in [9.17, 15) is 15.0 Å². The van der Waals surface area contributed by atoms with Crippen LogP contribution in [0.5, 0.6) is 11.5 Å². The molecule has 3 heterocycles. The number of aromatic hydroxyl groups is 2. The molecule has 2 saturated heterocycles. The van der Waals surface area contributed by atoms with Crippen LogP contribution in [0.1, 0.15) is 68.4 Å². The first-order valence-electron chi connectivity index (χ1n) is 13.4. The van der Waals surface area contributed by atoms with E-state index in [1.807, 2.05) is 12.3 Å². The van der Waals surface area contributed by atoms with Gasteiger partial charge in [0.2, 0.25) is 5.91 Å². The summed E-state index contributed by atoms with van der Waals surface area (Å²) in [6, 6.07) is 3.42. The summed E-state index contributed by atoms with van der Waals surface area (Å²) < 4.78 is 1.03. The lowest BCUT2D eigenvalue weighted by Gasteiger charge is -2.41. The predicted molar refractivity (Wildman–Crippen MR) is 142 cm³/mol. The third-order valence-electron chi connectivity index (χ3n) is 8.44. The highest BCUT2D eigenvalue weighted by molar-refractivity contribution is 9.11. The van der Waals surface area contributed by atoms with Crippen LogP contribution in [0.3, 0.4) is 0 Å². The monoisotopic (exact) mass is 543 g/mol. The van der Waals surface area contributed by atoms with Gasteiger partial charge in [0.1, 0.15) is 11.5 Å². The molecule has 5 rings (SSSR count). The van der Waals surface area contributed by atoms with Crippen molar-refractivity contribution in [2.45, 2.75) is 69.7 Å². The number of aryl methyl sites for hydroxylation is 1. The Morgan fingerprint density at radius 3 is 2.60 bits per heavy atom. The van der Waals surface area contributed by atoms with Gasteiger partial charge in [0.25, 0.3) is 0 Å². The van der Waals surface area contributed by atoms with E-state index >= 15 is 0 Å². The molecule has 1 aromatic carbocycles. The molecule has 0 aromatic heterocycles. The van der Waals surface area contributed by atoms with Crippen LogP contribution in [0.2, 0.25) is 0 Å². The molecule has 0 radical (unpaired) electrons. The fourth-order valence-corrected chi connectivity index (χ4v) is 7.10. The van der Waals surface area contributed by atoms with E-state index in [4.69, 9.17) is 0 Å². The number of hydrogen-bond donors (Lipinski definition) is 3. The molecule has 2 fully saturated rings. The number of nitrogens with one attached hydrogen (secondary N) is 1. The van der Waals surface area contributed by atoms with Crippen molar-refractivity contribution in [3.63, 3.8) is 0 Å². The second-order valence-corrected chi connectivity index (χ2v) is 11.6. The number of likely N-dealkylation sites (tertiary alicyclic amines) is 2. The smallest absolute Gasteiger partial charge is 0.222 e. The number of fused-ring (bicyclic) bond motifs is 2. The first kappa shape index (κ1) is 24.7. The van der Waals surface area contributed by atoms with Crippen molar-refractivity contribution in [1.82, 2.24) is 15.1 Å². The van der Waals surface area contributed by atoms with Gasteiger partial charge in [0.05, 0.1) is 6.04 Å². The molecule has 2 unspecified atom stereocenters. The SMILES string of the molecule is O=C(CCCN1CCCCC1)N1CCC(C2c3c(O)cc(O)cc3CCC3=CC(Br)=CNC32)CC1. The lowest BCUT2D eigenvalue weighted by molar-refractivity contribution is -0.132. The fraction of sp³-hybridized carbons (Fsp3) is 0.607. The molecule has 7 heteroatoms. The molecular formula is C28H38BrN3O3. The summed E-state index contributed by atoms with van der Waals surface area (Å²) in [5.74, 6) is 1.06. The van der Waals surface area contributed by atoms with Crippen molar-refractivity contribution in [3.8, 4) is 11.5 Å². The van der Waals surface area contributed by atoms with Crippen LogP contribution in [-0.2, 0) is 11.2 Å². The largest absolute Gasteiger partial charge is 0.508 e. The minimum Gasteiger partial charge on any atom is -0.508 e. The van der Waals surface area contributed by atoms with E-state index in [1.54, 1.807) is 0 Å². The Morgan fingerprint density at radius 1 is 1.06 bits per heavy atom. The Balaban J connectivity index is 1.26. The second-order valence-electron chi connectivity index (χ2n) is 10.7. The molecule has 1 aliphatic carbocycles. The fourth-order valence-electron chi connectivity index (χ4n) is 6.68. The first-order valence-corrected chi connectivity index (χ1v) is 14.2. The molecule has 0 bridgehead atoms. The number of hydrogen-bond acceptors (Lipinski definition) is 5. The number of phenols is 2. The molecule has 2 atom stereocenters. The normalized spacial score (nSPS) is 25.6. The van der Waals surface area contributed by atoms with Gasteiger partial charge in [0.15, 0.2) is 0 Å². The van der Waals surface area contributed by atoms with Crippen molar-refractivity contribution in [3.05, 3.63) is 45.6 Å². The van der Waals surface area contributed by atoms with Gasteiger partial charge < -0.3 is 25.3 Å². The summed E-state index contributed by atoms with van der Waals surface area (Å²) >= 11 is 3.61. The molecule has 0 spiro atoms. The molecule has 4 aliphatic rings. The standard InChI is InChI=1S/C28H38BrN3O3/c29-22-15-21-7-6-20-16-23(33)17-24(34)26(20)27(28(21)30-18-22)19-8-13-32(14-9-19)25(35)5-4-12-31-10-2-1-3-11-31/h15-19,27-28,30,33-34H,1-14H2. The maximum Gasteiger partial charge on any atom is 0.222 e. The van der Waals surface area contributed by atoms with Crippen molar-refractivity contribution >= 4 is 21.8 Å². The van der Waals surface area contributed by atoms with Crippen LogP contribution in [0.25, 0.3) is 0 Å². The summed E-state index contributed by atoms with van der Waals surface area (Å²) in [6.07, 6.45) is 13.3. The quantitative estimate of drug-likeness (QED) is 0.498. The zero-order valence-electron chi connectivity index (χ0n) is 20.5. The van der Waals surface area contributed by atoms with Gasteiger partial charge in [0, 0.05) is 47.7 Å². The number of rotatable bonds is 5. The van der Waals surface area contributed by atoms with Gasteiger partial charge in [-0.25, -0.2) is 0 Å². The topological polar surface area (TPSA) is 76.0 Å². The van der Waals surface area contributed by atoms with E-state index in [2.05, 4.69) is 37.1 Å². The molecule has 1 amide bonds. The number of allylic oxidation sites excluding steroid dienone is 2. The number of amides is 1. The van der Waals surface area contributed by atoms with Gasteiger partial charge in [-0.05, 0) is 110 Å². The van der Waals surface area contributed by atoms with Gasteiger partial charge in [-0.3, -0.25) is 4.79 Å². The first-order chi connectivity index (χ1) is 17.0. The van der Waals surface area contributed by atoms with Crippen LogP contribution in [-0.4, -0.2) is 64.7 Å². The van der Waals surface area contributed by atoms with Crippen molar-refractivity contribution < 1.29 is 15.0 Å². The second kappa shape index (κ2) is 11.0. The number of carbonyl (C=O) groups is 1. The van der Waals surface area contributed by atoms with Crippen molar-refractivity contribution in [2.75, 3.05) is 32.7 Å². The Labute approximate surface area is 217 Å². The maximum absolute atomic E-state index is 12.9. The number of carbonyl (C=O) groups excluding carboxylic acids is 1. The average molecular weight is 545 g/mol. The van der Waals surface area contributed by atoms with Crippen LogP contribution >= 0.6 is 15.9 Å². The summed E-state index contributed by atoms with van der Waals surface area (Å²) in [6.45, 7) is 4.97. The van der Waals surface area contributed by atoms with E-state index in [0.717, 1.165) is 67.3 Å². The Hall–Kier alpha value is -1.99. The number of piperidine rings is 2. The average Bonchev–Trinajstić information content (AvgIpc) is 3.01. The number of phenolic OH excluding ortho intramolecular Hbond substituents is 2. The Kier molecular flexibility index (Phi) is 7.73. The molecule has 35 heavy (non-hydrogen) atoms. The van der Waals surface area contributed by atoms with Crippen molar-refractivity contribution in [2.24, 2.45) is 5.92 Å². The summed E-state index contributed by atoms with van der Waals surface area (Å²) in [5.41, 5.74) is 3.34. The third kappa shape index (κ3) is 5.56. The Morgan fingerprint density at radius 2 is 1.83 bits per heavy atom. The number of nitrogens with zero attached hydrogens (tertiary/aromatic N) is 2. The minimum atomic E-state index is 0.104. The summed E-state index contributed by atoms with van der Waals surface area (Å²) in [7, 11) is 0. The molecule has 3 aliphatic heterocycles. The van der Waals surface area contributed by atoms with E-state index in [0.29, 0.717) is 12.3 Å². The lowest BCUT2D eigenvalue weighted by Crippen LogP contribution is -2.44. The van der Waals surface area contributed by atoms with E-state index in [-0.39, 0.29) is 29.4 Å². The molecule has 3 N–H and O–H groups in total. The zero-order valence-corrected chi connectivity index (χ0v) is 22.1. The zero-order chi connectivity index (χ0) is 24.4. The number of halogens is 1. The van der Waals surface area contributed by atoms with Crippen LogP contribution in [0, 0.1) is 5.92 Å². The Bertz CT molecular complexity index is 993. The lowest BCUT2D eigenvalue weighted by atomic mass is 9.73. The number of dihydropyridines is 1. The molecule has 1 aromatic rings. The third-order valence-corrected chi connectivity index (χ3v) is 8.90. The van der Waals surface area contributed by atoms with Gasteiger partial charge >= 0.3 is 0 Å². The molecular weight excluding hydrogens is 506 g/mol. The van der Waals surface area contributed by atoms with Gasteiger partial charge in [-0.2, -0.15) is 0 Å². The summed E-state index contributed by atoms with van der Waals surface area (Å²) in [4.78, 5) is 17.5. The van der Waals surface area contributed by atoms with Gasteiger partial charge in [-0.15, -0.1) is 0 Å². The van der Waals surface area contributed by atoms with Crippen LogP contribution in [0.15, 0.2) is 34.5 Å². The minimum absolute atomic E-state index is 0.104. The molecule has 6 nitrogen and oxygen atoms in total. The van der Waals surface area contributed by atoms with E-state index in [1.165, 1.54) is 44.0 Å². The highest BCUT2D eigenvalue weighted by atomic mass is 79.9. The van der Waals surface area contributed by atoms with Crippen molar-refractivity contribution in [1.29, 1.82) is 0 Å². The van der Waals surface area contributed by atoms with Crippen LogP contribution < -0.4 is 5.32 Å². The predicted octanol–water partition coefficient (Wildman–Crippen LogP) is 4.77. The maximum atomic E-state index is 12.9. The van der Waals surface area contributed by atoms with Crippen LogP contribution in [0.4, 0.5) is 0 Å². The highest BCUT2D eigenvalue weighted by Crippen LogP contribution is 2.47. The van der Waals surface area contributed by atoms with E-state index < -0.39 is 0 Å². The van der Waals surface area contributed by atoms with Gasteiger partial charge in [-0.1, -0.05) is 6.42 Å². The molecule has 0 saturated carbocycles.